The lowest BCUT2D eigenvalue weighted by Gasteiger charge is -2.15. The molecule has 20 heavy (non-hydrogen) atoms. The molecule has 5 nitrogen and oxygen atoms in total. The van der Waals surface area contributed by atoms with E-state index in [1.807, 2.05) is 29.8 Å². The van der Waals surface area contributed by atoms with E-state index in [2.05, 4.69) is 40.2 Å². The number of aromatic nitrogens is 2. The normalized spacial score (nSPS) is 10.9. The van der Waals surface area contributed by atoms with Crippen LogP contribution < -0.4 is 15.8 Å². The number of nitrogens with one attached hydrogen (secondary N) is 1. The van der Waals surface area contributed by atoms with Crippen LogP contribution in [0.1, 0.15) is 25.6 Å². The number of benzene rings is 1. The fourth-order valence-corrected chi connectivity index (χ4v) is 2.33. The summed E-state index contributed by atoms with van der Waals surface area (Å²) in [6, 6.07) is 5.99. The molecule has 0 fully saturated rings. The van der Waals surface area contributed by atoms with E-state index in [0.717, 1.165) is 27.4 Å². The molecular formula is C14H19BrN4O. The van der Waals surface area contributed by atoms with Crippen molar-refractivity contribution in [2.45, 2.75) is 26.8 Å². The molecule has 6 heteroatoms. The number of aryl methyl sites for hydroxylation is 1. The number of anilines is 3. The maximum Gasteiger partial charge on any atom is 0.152 e. The highest BCUT2D eigenvalue weighted by Crippen LogP contribution is 2.34. The zero-order valence-corrected chi connectivity index (χ0v) is 13.7. The van der Waals surface area contributed by atoms with E-state index in [-0.39, 0.29) is 6.04 Å². The van der Waals surface area contributed by atoms with Crippen LogP contribution >= 0.6 is 15.9 Å². The molecule has 2 rings (SSSR count). The van der Waals surface area contributed by atoms with Crippen molar-refractivity contribution in [3.05, 3.63) is 28.4 Å². The van der Waals surface area contributed by atoms with Gasteiger partial charge in [-0.25, -0.2) is 4.68 Å². The van der Waals surface area contributed by atoms with Crippen molar-refractivity contribution < 1.29 is 4.74 Å². The van der Waals surface area contributed by atoms with Gasteiger partial charge >= 0.3 is 0 Å². The van der Waals surface area contributed by atoms with Crippen LogP contribution in [0.25, 0.3) is 0 Å². The number of hydrogen-bond acceptors (Lipinski definition) is 4. The Hall–Kier alpha value is -1.69. The van der Waals surface area contributed by atoms with E-state index in [9.17, 15) is 0 Å². The van der Waals surface area contributed by atoms with Gasteiger partial charge in [-0.1, -0.05) is 15.9 Å². The molecule has 0 spiro atoms. The SMILES string of the molecule is COc1ccc(Br)cc1Nc1c(N)c(C)nn1C(C)C. The lowest BCUT2D eigenvalue weighted by molar-refractivity contribution is 0.416. The van der Waals surface area contributed by atoms with Crippen LogP contribution in [0, 0.1) is 6.92 Å². The third-order valence-corrected chi connectivity index (χ3v) is 3.53. The van der Waals surface area contributed by atoms with Gasteiger partial charge in [0.25, 0.3) is 0 Å². The van der Waals surface area contributed by atoms with Crippen molar-refractivity contribution in [1.29, 1.82) is 0 Å². The van der Waals surface area contributed by atoms with Crippen LogP contribution in [0.3, 0.4) is 0 Å². The predicted molar refractivity (Wildman–Crippen MR) is 85.7 cm³/mol. The van der Waals surface area contributed by atoms with Gasteiger partial charge in [-0.05, 0) is 39.0 Å². The van der Waals surface area contributed by atoms with Gasteiger partial charge in [0.15, 0.2) is 5.82 Å². The number of rotatable bonds is 4. The monoisotopic (exact) mass is 338 g/mol. The smallest absolute Gasteiger partial charge is 0.152 e. The molecule has 0 aliphatic heterocycles. The minimum atomic E-state index is 0.214. The molecule has 0 saturated carbocycles. The van der Waals surface area contributed by atoms with Gasteiger partial charge in [0.05, 0.1) is 24.2 Å². The van der Waals surface area contributed by atoms with Gasteiger partial charge in [0.1, 0.15) is 5.75 Å². The number of hydrogen-bond donors (Lipinski definition) is 2. The number of nitrogen functional groups attached to an aromatic ring is 1. The quantitative estimate of drug-likeness (QED) is 0.888. The van der Waals surface area contributed by atoms with Crippen LogP contribution in [-0.4, -0.2) is 16.9 Å². The van der Waals surface area contributed by atoms with Gasteiger partial charge in [-0.2, -0.15) is 5.10 Å². The zero-order chi connectivity index (χ0) is 14.9. The van der Waals surface area contributed by atoms with E-state index in [1.54, 1.807) is 7.11 Å². The molecule has 108 valence electrons. The minimum absolute atomic E-state index is 0.214. The number of halogens is 1. The summed E-state index contributed by atoms with van der Waals surface area (Å²) in [7, 11) is 1.64. The van der Waals surface area contributed by atoms with Gasteiger partial charge in [-0.15, -0.1) is 0 Å². The van der Waals surface area contributed by atoms with Crippen molar-refractivity contribution in [3.8, 4) is 5.75 Å². The highest BCUT2D eigenvalue weighted by Gasteiger charge is 2.16. The third-order valence-electron chi connectivity index (χ3n) is 3.04. The Bertz CT molecular complexity index is 622. The first-order valence-electron chi connectivity index (χ1n) is 6.39. The van der Waals surface area contributed by atoms with Crippen molar-refractivity contribution >= 4 is 33.1 Å². The van der Waals surface area contributed by atoms with Gasteiger partial charge < -0.3 is 15.8 Å². The lowest BCUT2D eigenvalue weighted by Crippen LogP contribution is -2.08. The van der Waals surface area contributed by atoms with Crippen molar-refractivity contribution in [3.63, 3.8) is 0 Å². The second-order valence-electron chi connectivity index (χ2n) is 4.86. The van der Waals surface area contributed by atoms with Gasteiger partial charge in [0, 0.05) is 10.5 Å². The number of ether oxygens (including phenoxy) is 1. The highest BCUT2D eigenvalue weighted by atomic mass is 79.9. The molecule has 1 aromatic heterocycles. The van der Waals surface area contributed by atoms with E-state index in [1.165, 1.54) is 0 Å². The molecule has 0 bridgehead atoms. The Morgan fingerprint density at radius 2 is 2.10 bits per heavy atom. The fraction of sp³-hybridized carbons (Fsp3) is 0.357. The first-order valence-corrected chi connectivity index (χ1v) is 7.18. The number of methoxy groups -OCH3 is 1. The van der Waals surface area contributed by atoms with E-state index in [0.29, 0.717) is 5.69 Å². The zero-order valence-electron chi connectivity index (χ0n) is 12.1. The largest absolute Gasteiger partial charge is 0.495 e. The molecule has 0 aliphatic carbocycles. The Kier molecular flexibility index (Phi) is 4.23. The van der Waals surface area contributed by atoms with Gasteiger partial charge in [-0.3, -0.25) is 0 Å². The van der Waals surface area contributed by atoms with Crippen LogP contribution in [0.15, 0.2) is 22.7 Å². The summed E-state index contributed by atoms with van der Waals surface area (Å²) in [6.07, 6.45) is 0. The second kappa shape index (κ2) is 5.75. The minimum Gasteiger partial charge on any atom is -0.495 e. The summed E-state index contributed by atoms with van der Waals surface area (Å²) < 4.78 is 8.21. The maximum absolute atomic E-state index is 6.12. The summed E-state index contributed by atoms with van der Waals surface area (Å²) >= 11 is 3.46. The van der Waals surface area contributed by atoms with Crippen molar-refractivity contribution in [2.75, 3.05) is 18.2 Å². The molecule has 0 unspecified atom stereocenters. The number of nitrogens with two attached hydrogens (primary N) is 1. The molecule has 0 radical (unpaired) electrons. The average molecular weight is 339 g/mol. The van der Waals surface area contributed by atoms with E-state index < -0.39 is 0 Å². The molecule has 1 heterocycles. The molecule has 3 N–H and O–H groups in total. The summed E-state index contributed by atoms with van der Waals surface area (Å²) in [5, 5.41) is 7.78. The van der Waals surface area contributed by atoms with Crippen molar-refractivity contribution in [2.24, 2.45) is 0 Å². The average Bonchev–Trinajstić information content (AvgIpc) is 2.67. The molecule has 2 aromatic rings. The standard InChI is InChI=1S/C14H19BrN4O/c1-8(2)19-14(13(16)9(3)18-19)17-11-7-10(15)5-6-12(11)20-4/h5-8,17H,16H2,1-4H3. The highest BCUT2D eigenvalue weighted by molar-refractivity contribution is 9.10. The Labute approximate surface area is 127 Å². The first kappa shape index (κ1) is 14.7. The van der Waals surface area contributed by atoms with Crippen LogP contribution in [0.4, 0.5) is 17.2 Å². The summed E-state index contributed by atoms with van der Waals surface area (Å²) in [6.45, 7) is 6.03. The van der Waals surface area contributed by atoms with Crippen LogP contribution in [-0.2, 0) is 0 Å². The van der Waals surface area contributed by atoms with Crippen molar-refractivity contribution in [1.82, 2.24) is 9.78 Å². The summed E-state index contributed by atoms with van der Waals surface area (Å²) in [5.74, 6) is 1.54. The van der Waals surface area contributed by atoms with E-state index >= 15 is 0 Å². The molecule has 0 saturated heterocycles. The second-order valence-corrected chi connectivity index (χ2v) is 5.77. The number of nitrogens with zero attached hydrogens (tertiary/aromatic N) is 2. The Morgan fingerprint density at radius 1 is 1.40 bits per heavy atom. The van der Waals surface area contributed by atoms with Crippen LogP contribution in [0.2, 0.25) is 0 Å². The Morgan fingerprint density at radius 3 is 2.70 bits per heavy atom. The van der Waals surface area contributed by atoms with Crippen LogP contribution in [0.5, 0.6) is 5.75 Å². The summed E-state index contributed by atoms with van der Waals surface area (Å²) in [5.41, 5.74) is 8.43. The fourth-order valence-electron chi connectivity index (χ4n) is 1.96. The first-order chi connectivity index (χ1) is 9.43. The van der Waals surface area contributed by atoms with Gasteiger partial charge in [0.2, 0.25) is 0 Å². The molecule has 0 atom stereocenters. The summed E-state index contributed by atoms with van der Waals surface area (Å²) in [4.78, 5) is 0. The molecule has 0 amide bonds. The van der Waals surface area contributed by atoms with E-state index in [4.69, 9.17) is 10.5 Å². The predicted octanol–water partition coefficient (Wildman–Crippen LogP) is 3.87. The third kappa shape index (κ3) is 2.75. The molecular weight excluding hydrogens is 320 g/mol. The molecule has 1 aromatic carbocycles. The lowest BCUT2D eigenvalue weighted by atomic mass is 10.2. The molecule has 0 aliphatic rings. The Balaban J connectivity index is 2.47. The maximum atomic E-state index is 6.12. The topological polar surface area (TPSA) is 65.1 Å².